The summed E-state index contributed by atoms with van der Waals surface area (Å²) in [6, 6.07) is 67.4. The van der Waals surface area contributed by atoms with Crippen LogP contribution >= 0.6 is 0 Å². The lowest BCUT2D eigenvalue weighted by atomic mass is 9.95. The zero-order valence-corrected chi connectivity index (χ0v) is 30.2. The Bertz CT molecular complexity index is 3130. The fraction of sp³-hybridized carbons (Fsp3) is 0. The summed E-state index contributed by atoms with van der Waals surface area (Å²) in [6.45, 7) is 0. The maximum atomic E-state index is 6.90. The van der Waals surface area contributed by atoms with Crippen LogP contribution in [0.1, 0.15) is 0 Å². The first kappa shape index (κ1) is 31.9. The Balaban J connectivity index is 1.18. The van der Waals surface area contributed by atoms with Crippen LogP contribution in [-0.4, -0.2) is 19.5 Å². The SMILES string of the molecule is c1ccc(-c2cccc(-c3cc(-c4nc(-c5ccccc5)nc(-c5ccccc5)n4)c4c(c3)oc3cc(-n5c6ccccc6c6ccccc65)ccc34)c2)cc1. The number of nitrogens with zero attached hydrogens (tertiary/aromatic N) is 4. The number of aromatic nitrogens is 4. The number of rotatable bonds is 6. The first-order valence-corrected chi connectivity index (χ1v) is 18.8. The summed E-state index contributed by atoms with van der Waals surface area (Å²) >= 11 is 0. The van der Waals surface area contributed by atoms with E-state index >= 15 is 0 Å². The Morgan fingerprint density at radius 2 is 0.857 bits per heavy atom. The predicted octanol–water partition coefficient (Wildman–Crippen LogP) is 13.2. The molecule has 0 bridgehead atoms. The van der Waals surface area contributed by atoms with Gasteiger partial charge in [0.05, 0.1) is 11.0 Å². The third-order valence-corrected chi connectivity index (χ3v) is 10.6. The van der Waals surface area contributed by atoms with E-state index in [2.05, 4.69) is 132 Å². The van der Waals surface area contributed by atoms with Crippen LogP contribution in [0.15, 0.2) is 199 Å². The molecule has 0 atom stereocenters. The minimum absolute atomic E-state index is 0.581. The van der Waals surface area contributed by atoms with Gasteiger partial charge in [-0.1, -0.05) is 146 Å². The van der Waals surface area contributed by atoms with Crippen LogP contribution in [0.5, 0.6) is 0 Å². The molecule has 0 aliphatic heterocycles. The lowest BCUT2D eigenvalue weighted by Crippen LogP contribution is -2.00. The Morgan fingerprint density at radius 3 is 1.48 bits per heavy atom. The second kappa shape index (κ2) is 13.0. The monoisotopic (exact) mass is 716 g/mol. The van der Waals surface area contributed by atoms with Crippen molar-refractivity contribution in [3.63, 3.8) is 0 Å². The van der Waals surface area contributed by atoms with E-state index in [1.807, 2.05) is 66.7 Å². The summed E-state index contributed by atoms with van der Waals surface area (Å²) in [5.41, 5.74) is 12.0. The van der Waals surface area contributed by atoms with E-state index in [0.717, 1.165) is 77.6 Å². The Hall–Kier alpha value is -7.63. The molecule has 0 N–H and O–H groups in total. The van der Waals surface area contributed by atoms with Gasteiger partial charge in [-0.15, -0.1) is 0 Å². The normalized spacial score (nSPS) is 11.6. The van der Waals surface area contributed by atoms with Gasteiger partial charge >= 0.3 is 0 Å². The topological polar surface area (TPSA) is 56.7 Å². The van der Waals surface area contributed by atoms with Gasteiger partial charge in [-0.3, -0.25) is 0 Å². The molecule has 0 radical (unpaired) electrons. The first-order valence-electron chi connectivity index (χ1n) is 18.8. The van der Waals surface area contributed by atoms with E-state index in [-0.39, 0.29) is 0 Å². The van der Waals surface area contributed by atoms with Crippen molar-refractivity contribution in [2.24, 2.45) is 0 Å². The molecule has 5 heteroatoms. The Morgan fingerprint density at radius 1 is 0.339 bits per heavy atom. The summed E-state index contributed by atoms with van der Waals surface area (Å²) < 4.78 is 9.22. The van der Waals surface area contributed by atoms with Crippen molar-refractivity contribution in [2.45, 2.75) is 0 Å². The van der Waals surface area contributed by atoms with Crippen LogP contribution in [-0.2, 0) is 0 Å². The second-order valence-corrected chi connectivity index (χ2v) is 14.0. The van der Waals surface area contributed by atoms with Crippen LogP contribution in [0.3, 0.4) is 0 Å². The quantitative estimate of drug-likeness (QED) is 0.172. The highest BCUT2D eigenvalue weighted by atomic mass is 16.3. The zero-order valence-electron chi connectivity index (χ0n) is 30.2. The highest BCUT2D eigenvalue weighted by Gasteiger charge is 2.21. The molecular formula is C51H32N4O. The molecule has 11 rings (SSSR count). The minimum atomic E-state index is 0.581. The van der Waals surface area contributed by atoms with Gasteiger partial charge in [0.15, 0.2) is 17.5 Å². The Kier molecular flexibility index (Phi) is 7.42. The van der Waals surface area contributed by atoms with Crippen LogP contribution in [0.2, 0.25) is 0 Å². The highest BCUT2D eigenvalue weighted by Crippen LogP contribution is 2.42. The van der Waals surface area contributed by atoms with E-state index in [4.69, 9.17) is 19.4 Å². The van der Waals surface area contributed by atoms with Crippen molar-refractivity contribution in [3.8, 4) is 62.1 Å². The summed E-state index contributed by atoms with van der Waals surface area (Å²) in [4.78, 5) is 15.4. The van der Waals surface area contributed by atoms with E-state index in [1.165, 1.54) is 10.8 Å². The maximum absolute atomic E-state index is 6.90. The Labute approximate surface area is 322 Å². The summed E-state index contributed by atoms with van der Waals surface area (Å²) in [6.07, 6.45) is 0. The van der Waals surface area contributed by atoms with E-state index in [1.54, 1.807) is 0 Å². The average molecular weight is 717 g/mol. The first-order chi connectivity index (χ1) is 27.7. The summed E-state index contributed by atoms with van der Waals surface area (Å²) in [5.74, 6) is 1.80. The van der Waals surface area contributed by atoms with Gasteiger partial charge in [0, 0.05) is 50.0 Å². The average Bonchev–Trinajstić information content (AvgIpc) is 3.82. The number of hydrogen-bond donors (Lipinski definition) is 0. The van der Waals surface area contributed by atoms with Crippen LogP contribution in [0.25, 0.3) is 106 Å². The highest BCUT2D eigenvalue weighted by molar-refractivity contribution is 6.14. The molecule has 0 spiro atoms. The molecule has 8 aromatic carbocycles. The maximum Gasteiger partial charge on any atom is 0.164 e. The molecule has 0 saturated carbocycles. The molecule has 11 aromatic rings. The lowest BCUT2D eigenvalue weighted by molar-refractivity contribution is 0.669. The smallest absolute Gasteiger partial charge is 0.164 e. The van der Waals surface area contributed by atoms with Crippen molar-refractivity contribution in [1.82, 2.24) is 19.5 Å². The molecule has 262 valence electrons. The molecule has 0 saturated heterocycles. The van der Waals surface area contributed by atoms with Gasteiger partial charge in [0.1, 0.15) is 11.2 Å². The van der Waals surface area contributed by atoms with Crippen molar-refractivity contribution >= 4 is 43.7 Å². The summed E-state index contributed by atoms with van der Waals surface area (Å²) in [7, 11) is 0. The molecular weight excluding hydrogens is 685 g/mol. The van der Waals surface area contributed by atoms with Crippen molar-refractivity contribution in [1.29, 1.82) is 0 Å². The van der Waals surface area contributed by atoms with Gasteiger partial charge in [-0.2, -0.15) is 0 Å². The van der Waals surface area contributed by atoms with Crippen LogP contribution < -0.4 is 0 Å². The number of para-hydroxylation sites is 2. The standard InChI is InChI=1S/C51H32N4O/c1-4-15-33(16-5-1)36-21-14-22-37(29-36)38-30-43(51-53-49(34-17-6-2-7-18-34)52-50(54-51)35-19-8-3-9-20-35)48-42-28-27-39(32-46(42)56-47(48)31-38)55-44-25-12-10-23-40(44)41-24-11-13-26-45(41)55/h1-32H. The van der Waals surface area contributed by atoms with Gasteiger partial charge in [0.25, 0.3) is 0 Å². The van der Waals surface area contributed by atoms with Crippen molar-refractivity contribution < 1.29 is 4.42 Å². The van der Waals surface area contributed by atoms with Crippen molar-refractivity contribution in [3.05, 3.63) is 194 Å². The largest absolute Gasteiger partial charge is 0.456 e. The molecule has 3 aromatic heterocycles. The molecule has 0 unspecified atom stereocenters. The molecule has 56 heavy (non-hydrogen) atoms. The number of fused-ring (bicyclic) bond motifs is 6. The number of benzene rings is 8. The second-order valence-electron chi connectivity index (χ2n) is 14.0. The fourth-order valence-electron chi connectivity index (χ4n) is 8.02. The molecule has 0 amide bonds. The van der Waals surface area contributed by atoms with Crippen LogP contribution in [0.4, 0.5) is 0 Å². The fourth-order valence-corrected chi connectivity index (χ4v) is 8.02. The van der Waals surface area contributed by atoms with Crippen molar-refractivity contribution in [2.75, 3.05) is 0 Å². The summed E-state index contributed by atoms with van der Waals surface area (Å²) in [5, 5.41) is 4.39. The van der Waals surface area contributed by atoms with E-state index < -0.39 is 0 Å². The van der Waals surface area contributed by atoms with Gasteiger partial charge < -0.3 is 8.98 Å². The van der Waals surface area contributed by atoms with Gasteiger partial charge in [0.2, 0.25) is 0 Å². The predicted molar refractivity (Wildman–Crippen MR) is 229 cm³/mol. The lowest BCUT2D eigenvalue weighted by Gasteiger charge is -2.12. The van der Waals surface area contributed by atoms with Crippen LogP contribution in [0, 0.1) is 0 Å². The molecule has 0 aliphatic rings. The minimum Gasteiger partial charge on any atom is -0.456 e. The molecule has 0 aliphatic carbocycles. The van der Waals surface area contributed by atoms with E-state index in [9.17, 15) is 0 Å². The molecule has 3 heterocycles. The zero-order chi connectivity index (χ0) is 37.0. The third-order valence-electron chi connectivity index (χ3n) is 10.6. The van der Waals surface area contributed by atoms with Gasteiger partial charge in [-0.05, 0) is 64.7 Å². The molecule has 0 fully saturated rings. The van der Waals surface area contributed by atoms with E-state index in [0.29, 0.717) is 17.5 Å². The molecule has 5 nitrogen and oxygen atoms in total. The van der Waals surface area contributed by atoms with Gasteiger partial charge in [-0.25, -0.2) is 15.0 Å². The number of furan rings is 1. The third kappa shape index (κ3) is 5.37. The number of hydrogen-bond acceptors (Lipinski definition) is 4.